The smallest absolute Gasteiger partial charge is 0.255 e. The first-order valence-corrected chi connectivity index (χ1v) is 12.3. The van der Waals surface area contributed by atoms with Crippen LogP contribution in [-0.2, 0) is 0 Å². The Morgan fingerprint density at radius 1 is 0.821 bits per heavy atom. The summed E-state index contributed by atoms with van der Waals surface area (Å²) in [6.45, 7) is 7.78. The Morgan fingerprint density at radius 2 is 1.51 bits per heavy atom. The van der Waals surface area contributed by atoms with Crippen molar-refractivity contribution in [3.8, 4) is 28.9 Å². The minimum atomic E-state index is -0.349. The number of rotatable bonds is 7. The molecule has 2 heterocycles. The van der Waals surface area contributed by atoms with Crippen LogP contribution < -0.4 is 14.8 Å². The zero-order valence-electron chi connectivity index (χ0n) is 21.9. The first kappa shape index (κ1) is 25.6. The largest absolute Gasteiger partial charge is 0.457 e. The van der Waals surface area contributed by atoms with E-state index >= 15 is 0 Å². The van der Waals surface area contributed by atoms with Gasteiger partial charge in [-0.2, -0.15) is 10.1 Å². The Hall–Kier alpha value is -5.05. The molecule has 39 heavy (non-hydrogen) atoms. The molecule has 0 aliphatic heterocycles. The van der Waals surface area contributed by atoms with E-state index in [0.29, 0.717) is 46.0 Å². The SMILES string of the molecule is Cc1nc(Oc2ccc(NC(=O)c3cccc(Oc4ccc(F)cc4)c3)cc2)cc(-n2nc(C)c(C)c2C)n1. The molecule has 1 amide bonds. The normalized spacial score (nSPS) is 10.8. The molecular weight excluding hydrogens is 497 g/mol. The molecule has 0 aliphatic rings. The van der Waals surface area contributed by atoms with E-state index in [1.165, 1.54) is 24.3 Å². The van der Waals surface area contributed by atoms with E-state index in [2.05, 4.69) is 20.4 Å². The van der Waals surface area contributed by atoms with Crippen molar-refractivity contribution in [2.45, 2.75) is 27.7 Å². The molecule has 5 aromatic rings. The molecule has 3 aromatic carbocycles. The summed E-state index contributed by atoms with van der Waals surface area (Å²) in [4.78, 5) is 21.7. The lowest BCUT2D eigenvalue weighted by Gasteiger charge is -2.11. The number of benzene rings is 3. The fraction of sp³-hybridized carbons (Fsp3) is 0.133. The molecule has 0 bridgehead atoms. The average molecular weight is 524 g/mol. The predicted molar refractivity (Wildman–Crippen MR) is 145 cm³/mol. The maximum atomic E-state index is 13.1. The maximum Gasteiger partial charge on any atom is 0.255 e. The highest BCUT2D eigenvalue weighted by Crippen LogP contribution is 2.26. The van der Waals surface area contributed by atoms with Gasteiger partial charge in [0.25, 0.3) is 5.91 Å². The van der Waals surface area contributed by atoms with Crippen LogP contribution in [0.4, 0.5) is 10.1 Å². The Morgan fingerprint density at radius 3 is 2.21 bits per heavy atom. The number of hydrogen-bond acceptors (Lipinski definition) is 6. The van der Waals surface area contributed by atoms with Crippen LogP contribution in [0.2, 0.25) is 0 Å². The molecule has 5 rings (SSSR count). The van der Waals surface area contributed by atoms with Gasteiger partial charge in [0.15, 0.2) is 5.82 Å². The predicted octanol–water partition coefficient (Wildman–Crippen LogP) is 6.87. The topological polar surface area (TPSA) is 91.2 Å². The second kappa shape index (κ2) is 10.7. The molecule has 0 radical (unpaired) electrons. The zero-order valence-corrected chi connectivity index (χ0v) is 21.9. The highest BCUT2D eigenvalue weighted by Gasteiger charge is 2.13. The van der Waals surface area contributed by atoms with E-state index in [1.54, 1.807) is 66.2 Å². The number of aryl methyl sites for hydroxylation is 2. The summed E-state index contributed by atoms with van der Waals surface area (Å²) in [5, 5.41) is 7.44. The molecule has 9 heteroatoms. The highest BCUT2D eigenvalue weighted by molar-refractivity contribution is 6.04. The van der Waals surface area contributed by atoms with E-state index in [4.69, 9.17) is 9.47 Å². The third-order valence-corrected chi connectivity index (χ3v) is 6.15. The molecular formula is C30H26FN5O3. The fourth-order valence-electron chi connectivity index (χ4n) is 3.90. The molecule has 0 spiro atoms. The molecule has 0 fully saturated rings. The van der Waals surface area contributed by atoms with Crippen LogP contribution in [0.15, 0.2) is 78.9 Å². The van der Waals surface area contributed by atoms with Gasteiger partial charge in [0, 0.05) is 23.0 Å². The number of hydrogen-bond donors (Lipinski definition) is 1. The van der Waals surface area contributed by atoms with Gasteiger partial charge in [-0.25, -0.2) is 14.1 Å². The first-order valence-electron chi connectivity index (χ1n) is 12.3. The van der Waals surface area contributed by atoms with E-state index in [-0.39, 0.29) is 11.7 Å². The monoisotopic (exact) mass is 523 g/mol. The number of ether oxygens (including phenoxy) is 2. The van der Waals surface area contributed by atoms with E-state index < -0.39 is 0 Å². The molecule has 0 unspecified atom stereocenters. The van der Waals surface area contributed by atoms with Gasteiger partial charge in [-0.1, -0.05) is 6.07 Å². The Bertz CT molecular complexity index is 1650. The van der Waals surface area contributed by atoms with Gasteiger partial charge < -0.3 is 14.8 Å². The third kappa shape index (κ3) is 5.93. The number of aromatic nitrogens is 4. The molecule has 196 valence electrons. The summed E-state index contributed by atoms with van der Waals surface area (Å²) in [6, 6.07) is 21.1. The van der Waals surface area contributed by atoms with Crippen molar-refractivity contribution in [3.05, 3.63) is 113 Å². The van der Waals surface area contributed by atoms with Gasteiger partial charge in [-0.15, -0.1) is 0 Å². The zero-order chi connectivity index (χ0) is 27.5. The van der Waals surface area contributed by atoms with Crippen molar-refractivity contribution in [1.82, 2.24) is 19.7 Å². The van der Waals surface area contributed by atoms with Crippen LogP contribution >= 0.6 is 0 Å². The number of nitrogens with zero attached hydrogens (tertiary/aromatic N) is 4. The van der Waals surface area contributed by atoms with Crippen molar-refractivity contribution >= 4 is 11.6 Å². The molecule has 0 saturated heterocycles. The summed E-state index contributed by atoms with van der Waals surface area (Å²) in [5.41, 5.74) is 4.06. The first-order chi connectivity index (χ1) is 18.7. The van der Waals surface area contributed by atoms with Crippen molar-refractivity contribution in [2.75, 3.05) is 5.32 Å². The Balaban J connectivity index is 1.26. The van der Waals surface area contributed by atoms with Gasteiger partial charge in [0.2, 0.25) is 5.88 Å². The number of carbonyl (C=O) groups is 1. The maximum absolute atomic E-state index is 13.1. The lowest BCUT2D eigenvalue weighted by Crippen LogP contribution is -2.11. The van der Waals surface area contributed by atoms with Crippen molar-refractivity contribution in [2.24, 2.45) is 0 Å². The standard InChI is InChI=1S/C30H26FN5O3/c1-18-19(2)35-36(20(18)3)28-17-29(33-21(4)32-28)39-26-14-10-24(11-15-26)34-30(37)22-6-5-7-27(16-22)38-25-12-8-23(31)9-13-25/h5-17H,1-4H3,(H,34,37). The van der Waals surface area contributed by atoms with Crippen LogP contribution in [0.3, 0.4) is 0 Å². The molecule has 1 N–H and O–H groups in total. The van der Waals surface area contributed by atoms with E-state index in [9.17, 15) is 9.18 Å². The number of nitrogens with one attached hydrogen (secondary N) is 1. The lowest BCUT2D eigenvalue weighted by atomic mass is 10.2. The second-order valence-corrected chi connectivity index (χ2v) is 8.98. The van der Waals surface area contributed by atoms with Gasteiger partial charge in [-0.3, -0.25) is 4.79 Å². The minimum Gasteiger partial charge on any atom is -0.457 e. The van der Waals surface area contributed by atoms with Gasteiger partial charge in [-0.05, 0) is 100.0 Å². The van der Waals surface area contributed by atoms with Crippen molar-refractivity contribution in [3.63, 3.8) is 0 Å². The number of amides is 1. The summed E-state index contributed by atoms with van der Waals surface area (Å²) >= 11 is 0. The van der Waals surface area contributed by atoms with Crippen LogP contribution in [0.25, 0.3) is 5.82 Å². The fourth-order valence-corrected chi connectivity index (χ4v) is 3.90. The average Bonchev–Trinajstić information content (AvgIpc) is 3.18. The molecule has 8 nitrogen and oxygen atoms in total. The summed E-state index contributed by atoms with van der Waals surface area (Å²) in [7, 11) is 0. The third-order valence-electron chi connectivity index (χ3n) is 6.15. The Labute approximate surface area is 225 Å². The molecule has 0 aliphatic carbocycles. The number of carbonyl (C=O) groups excluding carboxylic acids is 1. The van der Waals surface area contributed by atoms with E-state index in [0.717, 1.165) is 17.0 Å². The number of halogens is 1. The quantitative estimate of drug-likeness (QED) is 0.250. The van der Waals surface area contributed by atoms with Crippen LogP contribution in [0.5, 0.6) is 23.1 Å². The van der Waals surface area contributed by atoms with E-state index in [1.807, 2.05) is 20.8 Å². The summed E-state index contributed by atoms with van der Waals surface area (Å²) in [5.74, 6) is 2.41. The van der Waals surface area contributed by atoms with Gasteiger partial charge in [0.1, 0.15) is 28.9 Å². The van der Waals surface area contributed by atoms with Gasteiger partial charge >= 0.3 is 0 Å². The molecule has 2 aromatic heterocycles. The number of anilines is 1. The van der Waals surface area contributed by atoms with Crippen LogP contribution in [0.1, 0.15) is 33.1 Å². The minimum absolute atomic E-state index is 0.301. The molecule has 0 atom stereocenters. The summed E-state index contributed by atoms with van der Waals surface area (Å²) < 4.78 is 26.6. The van der Waals surface area contributed by atoms with Crippen molar-refractivity contribution in [1.29, 1.82) is 0 Å². The van der Waals surface area contributed by atoms with Crippen LogP contribution in [0, 0.1) is 33.5 Å². The Kier molecular flexibility index (Phi) is 7.05. The summed E-state index contributed by atoms with van der Waals surface area (Å²) in [6.07, 6.45) is 0. The van der Waals surface area contributed by atoms with Crippen LogP contribution in [-0.4, -0.2) is 25.7 Å². The lowest BCUT2D eigenvalue weighted by molar-refractivity contribution is 0.102. The molecule has 0 saturated carbocycles. The second-order valence-electron chi connectivity index (χ2n) is 8.98. The van der Waals surface area contributed by atoms with Gasteiger partial charge in [0.05, 0.1) is 5.69 Å². The van der Waals surface area contributed by atoms with Crippen molar-refractivity contribution < 1.29 is 18.7 Å². The highest BCUT2D eigenvalue weighted by atomic mass is 19.1.